The van der Waals surface area contributed by atoms with E-state index in [0.717, 1.165) is 5.56 Å². The van der Waals surface area contributed by atoms with Gasteiger partial charge in [-0.3, -0.25) is 4.79 Å². The van der Waals surface area contributed by atoms with Crippen molar-refractivity contribution in [1.82, 2.24) is 5.32 Å². The van der Waals surface area contributed by atoms with E-state index in [4.69, 9.17) is 9.16 Å². The van der Waals surface area contributed by atoms with Crippen molar-refractivity contribution >= 4 is 14.2 Å². The van der Waals surface area contributed by atoms with Gasteiger partial charge in [0.2, 0.25) is 5.91 Å². The molecule has 4 nitrogen and oxygen atoms in total. The van der Waals surface area contributed by atoms with Crippen LogP contribution in [0.5, 0.6) is 0 Å². The van der Waals surface area contributed by atoms with Crippen LogP contribution in [0.1, 0.15) is 33.3 Å². The number of hydrogen-bond acceptors (Lipinski definition) is 3. The van der Waals surface area contributed by atoms with E-state index in [1.807, 2.05) is 42.5 Å². The summed E-state index contributed by atoms with van der Waals surface area (Å²) >= 11 is 0. The lowest BCUT2D eigenvalue weighted by molar-refractivity contribution is -0.121. The monoisotopic (exact) mass is 361 g/mol. The molecule has 138 valence electrons. The molecule has 1 aromatic rings. The average Bonchev–Trinajstić information content (AvgIpc) is 2.86. The highest BCUT2D eigenvalue weighted by molar-refractivity contribution is 6.74. The number of carbonyl (C=O) groups is 1. The summed E-state index contributed by atoms with van der Waals surface area (Å²) in [6.45, 7) is 13.2. The zero-order valence-corrected chi connectivity index (χ0v) is 17.2. The lowest BCUT2D eigenvalue weighted by atomic mass is 10.1. The van der Waals surface area contributed by atoms with Crippen molar-refractivity contribution < 1.29 is 14.0 Å². The first-order valence-corrected chi connectivity index (χ1v) is 11.8. The summed E-state index contributed by atoms with van der Waals surface area (Å²) in [6.07, 6.45) is 3.72. The van der Waals surface area contributed by atoms with Gasteiger partial charge in [0.15, 0.2) is 8.32 Å². The van der Waals surface area contributed by atoms with E-state index in [1.54, 1.807) is 0 Å². The molecule has 1 aliphatic rings. The second kappa shape index (κ2) is 7.85. The third-order valence-corrected chi connectivity index (χ3v) is 9.56. The average molecular weight is 362 g/mol. The van der Waals surface area contributed by atoms with E-state index in [9.17, 15) is 4.79 Å². The molecule has 1 N–H and O–H groups in total. The maximum Gasteiger partial charge on any atom is 0.217 e. The molecule has 0 aromatic heterocycles. The van der Waals surface area contributed by atoms with E-state index in [-0.39, 0.29) is 29.2 Å². The molecular formula is C20H31NO3Si. The first kappa shape index (κ1) is 19.9. The predicted molar refractivity (Wildman–Crippen MR) is 104 cm³/mol. The summed E-state index contributed by atoms with van der Waals surface area (Å²) < 4.78 is 12.6. The molecular weight excluding hydrogens is 330 g/mol. The van der Waals surface area contributed by atoms with Crippen LogP contribution < -0.4 is 5.32 Å². The number of nitrogens with one attached hydrogen (secondary N) is 1. The van der Waals surface area contributed by atoms with Crippen LogP contribution in [-0.4, -0.2) is 32.5 Å². The third kappa shape index (κ3) is 5.27. The number of benzene rings is 1. The van der Waals surface area contributed by atoms with Crippen LogP contribution in [0.25, 0.3) is 0 Å². The van der Waals surface area contributed by atoms with Crippen molar-refractivity contribution in [2.45, 2.75) is 70.7 Å². The summed E-state index contributed by atoms with van der Waals surface area (Å²) in [7, 11) is -1.94. The van der Waals surface area contributed by atoms with Gasteiger partial charge in [0, 0.05) is 6.92 Å². The predicted octanol–water partition coefficient (Wildman–Crippen LogP) is 4.04. The minimum atomic E-state index is -1.94. The van der Waals surface area contributed by atoms with Gasteiger partial charge in [0.05, 0.1) is 24.9 Å². The van der Waals surface area contributed by atoms with Crippen molar-refractivity contribution in [1.29, 1.82) is 0 Å². The highest BCUT2D eigenvalue weighted by Gasteiger charge is 2.43. The molecule has 5 heteroatoms. The van der Waals surface area contributed by atoms with Crippen LogP contribution in [0.3, 0.4) is 0 Å². The van der Waals surface area contributed by atoms with Crippen molar-refractivity contribution in [3.05, 3.63) is 48.0 Å². The van der Waals surface area contributed by atoms with Gasteiger partial charge in [-0.2, -0.15) is 0 Å². The Labute approximate surface area is 152 Å². The fourth-order valence-electron chi connectivity index (χ4n) is 2.60. The minimum Gasteiger partial charge on any atom is -0.408 e. The largest absolute Gasteiger partial charge is 0.408 e. The Morgan fingerprint density at radius 1 is 1.12 bits per heavy atom. The van der Waals surface area contributed by atoms with Crippen molar-refractivity contribution in [3.63, 3.8) is 0 Å². The van der Waals surface area contributed by atoms with E-state index in [0.29, 0.717) is 6.61 Å². The van der Waals surface area contributed by atoms with Crippen LogP contribution in [0.15, 0.2) is 42.5 Å². The van der Waals surface area contributed by atoms with E-state index in [1.165, 1.54) is 6.92 Å². The molecule has 0 unspecified atom stereocenters. The van der Waals surface area contributed by atoms with Gasteiger partial charge in [0.1, 0.15) is 0 Å². The SMILES string of the molecule is CC(=O)N[C@@H]1[C@@H](OCc2ccccc2)C=C[C@H]1O[Si](C)(C)C(C)(C)C. The van der Waals surface area contributed by atoms with Crippen molar-refractivity contribution in [3.8, 4) is 0 Å². The standard InChI is InChI=1S/C20H31NO3Si/c1-15(22)21-19-17(23-14-16-10-8-7-9-11-16)12-13-18(19)24-25(5,6)20(2,3)4/h7-13,17-19H,14H2,1-6H3,(H,21,22)/t17-,18+,19+/m0/s1. The van der Waals surface area contributed by atoms with Crippen LogP contribution in [0, 0.1) is 0 Å². The zero-order valence-electron chi connectivity index (χ0n) is 16.2. The van der Waals surface area contributed by atoms with Crippen molar-refractivity contribution in [2.24, 2.45) is 0 Å². The lowest BCUT2D eigenvalue weighted by Crippen LogP contribution is -2.53. The second-order valence-electron chi connectivity index (χ2n) is 8.22. The van der Waals surface area contributed by atoms with Gasteiger partial charge in [0.25, 0.3) is 0 Å². The molecule has 0 saturated carbocycles. The van der Waals surface area contributed by atoms with Crippen LogP contribution in [0.4, 0.5) is 0 Å². The van der Waals surface area contributed by atoms with Gasteiger partial charge in [-0.15, -0.1) is 0 Å². The molecule has 0 heterocycles. The Morgan fingerprint density at radius 2 is 1.72 bits per heavy atom. The lowest BCUT2D eigenvalue weighted by Gasteiger charge is -2.40. The van der Waals surface area contributed by atoms with Crippen LogP contribution in [-0.2, 0) is 20.6 Å². The number of hydrogen-bond donors (Lipinski definition) is 1. The normalized spacial score (nSPS) is 23.7. The smallest absolute Gasteiger partial charge is 0.217 e. The highest BCUT2D eigenvalue weighted by atomic mass is 28.4. The first-order valence-electron chi connectivity index (χ1n) is 8.89. The molecule has 1 aromatic carbocycles. The Hall–Kier alpha value is -1.43. The van der Waals surface area contributed by atoms with Crippen LogP contribution in [0.2, 0.25) is 18.1 Å². The van der Waals surface area contributed by atoms with Gasteiger partial charge in [-0.25, -0.2) is 0 Å². The second-order valence-corrected chi connectivity index (χ2v) is 13.0. The number of ether oxygens (including phenoxy) is 1. The van der Waals surface area contributed by atoms with Gasteiger partial charge in [-0.1, -0.05) is 63.3 Å². The summed E-state index contributed by atoms with van der Waals surface area (Å²) in [6, 6.07) is 9.87. The topological polar surface area (TPSA) is 47.6 Å². The summed E-state index contributed by atoms with van der Waals surface area (Å²) in [5.41, 5.74) is 1.12. The maximum atomic E-state index is 11.7. The third-order valence-electron chi connectivity index (χ3n) is 5.09. The number of amides is 1. The van der Waals surface area contributed by atoms with Crippen LogP contribution >= 0.6 is 0 Å². The van der Waals surface area contributed by atoms with Gasteiger partial charge in [-0.05, 0) is 23.7 Å². The zero-order chi connectivity index (χ0) is 18.7. The fraction of sp³-hybridized carbons (Fsp3) is 0.550. The van der Waals surface area contributed by atoms with E-state index in [2.05, 4.69) is 39.2 Å². The Kier molecular flexibility index (Phi) is 6.24. The first-order chi connectivity index (χ1) is 11.6. The Bertz CT molecular complexity index is 607. The van der Waals surface area contributed by atoms with E-state index >= 15 is 0 Å². The number of carbonyl (C=O) groups excluding carboxylic acids is 1. The Balaban J connectivity index is 2.06. The van der Waals surface area contributed by atoms with Gasteiger partial charge >= 0.3 is 0 Å². The van der Waals surface area contributed by atoms with E-state index < -0.39 is 8.32 Å². The van der Waals surface area contributed by atoms with Gasteiger partial charge < -0.3 is 14.5 Å². The molecule has 0 aliphatic heterocycles. The van der Waals surface area contributed by atoms with Crippen molar-refractivity contribution in [2.75, 3.05) is 0 Å². The quantitative estimate of drug-likeness (QED) is 0.614. The highest BCUT2D eigenvalue weighted by Crippen LogP contribution is 2.38. The maximum absolute atomic E-state index is 11.7. The molecule has 0 spiro atoms. The molecule has 0 radical (unpaired) electrons. The Morgan fingerprint density at radius 3 is 2.28 bits per heavy atom. The molecule has 0 fully saturated rings. The molecule has 0 bridgehead atoms. The summed E-state index contributed by atoms with van der Waals surface area (Å²) in [5.74, 6) is -0.0640. The summed E-state index contributed by atoms with van der Waals surface area (Å²) in [4.78, 5) is 11.7. The molecule has 25 heavy (non-hydrogen) atoms. The summed E-state index contributed by atoms with van der Waals surface area (Å²) in [5, 5.41) is 3.14. The molecule has 1 amide bonds. The minimum absolute atomic E-state index is 0.0640. The molecule has 0 saturated heterocycles. The molecule has 3 atom stereocenters. The molecule has 1 aliphatic carbocycles. The number of rotatable bonds is 6. The molecule has 2 rings (SSSR count). The fourth-order valence-corrected chi connectivity index (χ4v) is 3.86.